The summed E-state index contributed by atoms with van der Waals surface area (Å²) in [6, 6.07) is 0. The van der Waals surface area contributed by atoms with E-state index in [1.54, 1.807) is 0 Å². The van der Waals surface area contributed by atoms with Gasteiger partial charge in [-0.15, -0.1) is 0 Å². The number of likely N-dealkylation sites (N-methyl/N-ethyl adjacent to an activating group) is 1. The number of rotatable bonds is 40. The maximum Gasteiger partial charge on any atom is 0.306 e. The molecule has 0 radical (unpaired) electrons. The molecule has 0 heterocycles. The molecule has 55 heavy (non-hydrogen) atoms. The summed E-state index contributed by atoms with van der Waals surface area (Å²) >= 11 is 0. The maximum absolute atomic E-state index is 12.7. The molecular formula is C46H84NO7P. The van der Waals surface area contributed by atoms with Gasteiger partial charge in [0.1, 0.15) is 19.3 Å². The molecule has 0 saturated heterocycles. The van der Waals surface area contributed by atoms with Gasteiger partial charge in [-0.1, -0.05) is 164 Å². The number of unbranched alkanes of at least 4 members (excludes halogenated alkanes) is 16. The summed E-state index contributed by atoms with van der Waals surface area (Å²) in [6.45, 7) is 5.27. The highest BCUT2D eigenvalue weighted by Crippen LogP contribution is 2.38. The highest BCUT2D eigenvalue weighted by Gasteiger charge is 2.20. The molecular weight excluding hydrogens is 709 g/mol. The Balaban J connectivity index is 4.26. The normalized spacial score (nSPS) is 14.4. The minimum absolute atomic E-state index is 0.0203. The molecule has 9 heteroatoms. The van der Waals surface area contributed by atoms with Gasteiger partial charge in [-0.2, -0.15) is 0 Å². The first-order valence-electron chi connectivity index (χ1n) is 22.0. The molecule has 2 unspecified atom stereocenters. The van der Waals surface area contributed by atoms with Crippen molar-refractivity contribution in [3.63, 3.8) is 0 Å². The average molecular weight is 794 g/mol. The molecule has 0 fully saturated rings. The minimum Gasteiger partial charge on any atom is -0.756 e. The summed E-state index contributed by atoms with van der Waals surface area (Å²) in [5.74, 6) is -0.354. The highest BCUT2D eigenvalue weighted by molar-refractivity contribution is 7.45. The summed E-state index contributed by atoms with van der Waals surface area (Å²) in [4.78, 5) is 25.0. The Morgan fingerprint density at radius 3 is 1.58 bits per heavy atom. The molecule has 320 valence electrons. The average Bonchev–Trinajstić information content (AvgIpc) is 3.13. The van der Waals surface area contributed by atoms with Crippen LogP contribution in [0.1, 0.15) is 168 Å². The molecule has 0 aromatic heterocycles. The standard InChI is InChI=1S/C46H84NO7P/c1-6-8-10-12-14-16-18-20-21-22-23-24-25-26-27-28-29-31-33-35-37-39-46(48)54-45(44-53-55(49,50)52-42-40-47(3,4)5)43-51-41-38-36-34-32-30-19-17-15-13-11-9-7-2/h8,10,14,16,20-21,23-24,26-27,45H,6-7,9,11-13,15,17-19,22,25,28-44H2,1-5H3/b10-8-,16-14-,21-20-,24-23-,27-26-. The van der Waals surface area contributed by atoms with Gasteiger partial charge < -0.3 is 27.9 Å². The van der Waals surface area contributed by atoms with Gasteiger partial charge >= 0.3 is 5.97 Å². The smallest absolute Gasteiger partial charge is 0.306 e. The molecule has 0 N–H and O–H groups in total. The van der Waals surface area contributed by atoms with Crippen LogP contribution in [0.5, 0.6) is 0 Å². The Bertz CT molecular complexity index is 1060. The third-order valence-electron chi connectivity index (χ3n) is 9.08. The lowest BCUT2D eigenvalue weighted by molar-refractivity contribution is -0.870. The molecule has 0 amide bonds. The van der Waals surface area contributed by atoms with Gasteiger partial charge in [-0.05, 0) is 57.8 Å². The minimum atomic E-state index is -4.53. The maximum atomic E-state index is 12.7. The van der Waals surface area contributed by atoms with Gasteiger partial charge in [0.05, 0.1) is 34.4 Å². The third-order valence-corrected chi connectivity index (χ3v) is 10.0. The van der Waals surface area contributed by atoms with Crippen molar-refractivity contribution in [2.45, 2.75) is 174 Å². The second-order valence-corrected chi connectivity index (χ2v) is 17.1. The van der Waals surface area contributed by atoms with Crippen LogP contribution in [0.3, 0.4) is 0 Å². The molecule has 0 aliphatic rings. The van der Waals surface area contributed by atoms with Crippen LogP contribution in [-0.4, -0.2) is 70.7 Å². The van der Waals surface area contributed by atoms with Gasteiger partial charge in [-0.25, -0.2) is 0 Å². The summed E-state index contributed by atoms with van der Waals surface area (Å²) < 4.78 is 34.5. The SMILES string of the molecule is CC/C=C\C/C=C\C/C=C\C/C=C\C/C=C\CCCCCCCC(=O)OC(COCCCCCCCCCCCCCC)COP(=O)([O-])OCC[N+](C)(C)C. The summed E-state index contributed by atoms with van der Waals surface area (Å²) in [6.07, 6.45) is 48.0. The molecule has 0 bridgehead atoms. The lowest BCUT2D eigenvalue weighted by Gasteiger charge is -2.28. The fourth-order valence-electron chi connectivity index (χ4n) is 5.69. The van der Waals surface area contributed by atoms with Gasteiger partial charge in [0.25, 0.3) is 7.82 Å². The number of quaternary nitrogens is 1. The van der Waals surface area contributed by atoms with E-state index in [0.29, 0.717) is 24.1 Å². The monoisotopic (exact) mass is 794 g/mol. The lowest BCUT2D eigenvalue weighted by atomic mass is 10.1. The molecule has 0 rings (SSSR count). The molecule has 8 nitrogen and oxygen atoms in total. The number of ether oxygens (including phenoxy) is 2. The summed E-state index contributed by atoms with van der Waals surface area (Å²) in [5.41, 5.74) is 0. The molecule has 0 aromatic rings. The van der Waals surface area contributed by atoms with E-state index in [9.17, 15) is 14.3 Å². The van der Waals surface area contributed by atoms with Crippen LogP contribution < -0.4 is 4.89 Å². The van der Waals surface area contributed by atoms with Crippen molar-refractivity contribution in [1.82, 2.24) is 0 Å². The van der Waals surface area contributed by atoms with E-state index in [2.05, 4.69) is 74.6 Å². The molecule has 2 atom stereocenters. The topological polar surface area (TPSA) is 94.1 Å². The second-order valence-electron chi connectivity index (χ2n) is 15.7. The van der Waals surface area contributed by atoms with Crippen molar-refractivity contribution >= 4 is 13.8 Å². The molecule has 0 spiro atoms. The number of carbonyl (C=O) groups excluding carboxylic acids is 1. The fourth-order valence-corrected chi connectivity index (χ4v) is 6.42. The van der Waals surface area contributed by atoms with Crippen molar-refractivity contribution in [2.24, 2.45) is 0 Å². The number of allylic oxidation sites excluding steroid dienone is 10. The molecule has 0 aliphatic carbocycles. The summed E-state index contributed by atoms with van der Waals surface area (Å²) in [5, 5.41) is 0. The number of hydrogen-bond donors (Lipinski definition) is 0. The zero-order chi connectivity index (χ0) is 40.6. The first-order valence-corrected chi connectivity index (χ1v) is 23.5. The van der Waals surface area contributed by atoms with E-state index < -0.39 is 13.9 Å². The Morgan fingerprint density at radius 1 is 0.582 bits per heavy atom. The van der Waals surface area contributed by atoms with Crippen LogP contribution in [0.25, 0.3) is 0 Å². The second kappa shape index (κ2) is 39.0. The van der Waals surface area contributed by atoms with E-state index in [1.807, 2.05) is 21.1 Å². The van der Waals surface area contributed by atoms with Gasteiger partial charge in [-0.3, -0.25) is 9.36 Å². The van der Waals surface area contributed by atoms with Crippen molar-refractivity contribution in [1.29, 1.82) is 0 Å². The number of esters is 1. The lowest BCUT2D eigenvalue weighted by Crippen LogP contribution is -2.37. The molecule has 0 aromatic carbocycles. The van der Waals surface area contributed by atoms with Gasteiger partial charge in [0.2, 0.25) is 0 Å². The van der Waals surface area contributed by atoms with Crippen molar-refractivity contribution < 1.29 is 37.3 Å². The largest absolute Gasteiger partial charge is 0.756 e. The van der Waals surface area contributed by atoms with Crippen LogP contribution >= 0.6 is 7.82 Å². The van der Waals surface area contributed by atoms with Crippen LogP contribution in [0.4, 0.5) is 0 Å². The van der Waals surface area contributed by atoms with Gasteiger partial charge in [0.15, 0.2) is 0 Å². The first kappa shape index (κ1) is 53.2. The predicted octanol–water partition coefficient (Wildman–Crippen LogP) is 12.3. The number of nitrogens with zero attached hydrogens (tertiary/aromatic N) is 1. The highest BCUT2D eigenvalue weighted by atomic mass is 31.2. The van der Waals surface area contributed by atoms with Gasteiger partial charge in [0, 0.05) is 13.0 Å². The van der Waals surface area contributed by atoms with E-state index >= 15 is 0 Å². The number of phosphoric ester groups is 1. The summed E-state index contributed by atoms with van der Waals surface area (Å²) in [7, 11) is 1.34. The Labute approximate surface area is 339 Å². The Morgan fingerprint density at radius 2 is 1.05 bits per heavy atom. The van der Waals surface area contributed by atoms with E-state index in [1.165, 1.54) is 64.2 Å². The van der Waals surface area contributed by atoms with Crippen molar-refractivity contribution in [2.75, 3.05) is 54.1 Å². The Kier molecular flexibility index (Phi) is 37.8. The zero-order valence-electron chi connectivity index (χ0n) is 36.1. The number of hydrogen-bond acceptors (Lipinski definition) is 7. The first-order chi connectivity index (χ1) is 26.6. The van der Waals surface area contributed by atoms with Crippen molar-refractivity contribution in [3.8, 4) is 0 Å². The van der Waals surface area contributed by atoms with Crippen LogP contribution in [0.15, 0.2) is 60.8 Å². The van der Waals surface area contributed by atoms with E-state index in [0.717, 1.165) is 83.5 Å². The fraction of sp³-hybridized carbons (Fsp3) is 0.761. The number of carbonyl (C=O) groups is 1. The van der Waals surface area contributed by atoms with Crippen LogP contribution in [-0.2, 0) is 27.9 Å². The number of phosphoric acid groups is 1. The van der Waals surface area contributed by atoms with Crippen molar-refractivity contribution in [3.05, 3.63) is 60.8 Å². The predicted molar refractivity (Wildman–Crippen MR) is 231 cm³/mol. The van der Waals surface area contributed by atoms with Crippen LogP contribution in [0, 0.1) is 0 Å². The van der Waals surface area contributed by atoms with Crippen LogP contribution in [0.2, 0.25) is 0 Å². The Hall–Kier alpha value is -1.80. The van der Waals surface area contributed by atoms with E-state index in [4.69, 9.17) is 18.5 Å². The third kappa shape index (κ3) is 43.2. The quantitative estimate of drug-likeness (QED) is 0.0200. The molecule has 0 saturated carbocycles. The molecule has 0 aliphatic heterocycles. The zero-order valence-corrected chi connectivity index (χ0v) is 37.0. The van der Waals surface area contributed by atoms with E-state index in [-0.39, 0.29) is 25.8 Å².